The molecule has 6 aromatic rings. The van der Waals surface area contributed by atoms with Gasteiger partial charge in [-0.15, -0.1) is 0 Å². The summed E-state index contributed by atoms with van der Waals surface area (Å²) < 4.78 is 46.5. The van der Waals surface area contributed by atoms with Crippen LogP contribution in [0.4, 0.5) is 10.1 Å². The number of H-pyrrole nitrogens is 1. The van der Waals surface area contributed by atoms with Gasteiger partial charge in [-0.2, -0.15) is 0 Å². The number of anilines is 1. The van der Waals surface area contributed by atoms with E-state index in [1.54, 1.807) is 36.5 Å². The minimum absolute atomic E-state index is 0.217. The summed E-state index contributed by atoms with van der Waals surface area (Å²) in [6.07, 6.45) is 3.49. The fraction of sp³-hybridized carbons (Fsp3) is 0.0938. The standard InChI is InChI=1S/C32H25FN4O5S/c1-34-32(39)28-24-15-23(19-6-4-7-20(14-19)29-25(17-38)22-8-5-13-35-31(22)36-29)26(37(2)43(3,40)41)16-27(24)42-30(28)18-9-11-21(33)12-10-18/h4-17H,1-3H3,(H,34,39)(H,35,36). The van der Waals surface area contributed by atoms with E-state index < -0.39 is 21.7 Å². The molecule has 6 rings (SSSR count). The van der Waals surface area contributed by atoms with Gasteiger partial charge in [0.25, 0.3) is 5.91 Å². The summed E-state index contributed by atoms with van der Waals surface area (Å²) in [6, 6.07) is 19.7. The van der Waals surface area contributed by atoms with Crippen LogP contribution in [0.1, 0.15) is 20.7 Å². The van der Waals surface area contributed by atoms with Crippen molar-refractivity contribution in [2.75, 3.05) is 24.7 Å². The molecule has 0 aliphatic rings. The average Bonchev–Trinajstić information content (AvgIpc) is 3.58. The number of benzene rings is 3. The molecule has 0 atom stereocenters. The minimum atomic E-state index is -3.72. The molecule has 0 radical (unpaired) electrons. The number of halogens is 1. The highest BCUT2D eigenvalue weighted by atomic mass is 32.2. The zero-order valence-electron chi connectivity index (χ0n) is 23.3. The highest BCUT2D eigenvalue weighted by molar-refractivity contribution is 7.92. The van der Waals surface area contributed by atoms with Gasteiger partial charge in [0, 0.05) is 53.8 Å². The molecule has 0 unspecified atom stereocenters. The van der Waals surface area contributed by atoms with Gasteiger partial charge in [0.1, 0.15) is 22.8 Å². The van der Waals surface area contributed by atoms with Crippen LogP contribution >= 0.6 is 0 Å². The van der Waals surface area contributed by atoms with E-state index in [0.29, 0.717) is 55.6 Å². The van der Waals surface area contributed by atoms with Crippen molar-refractivity contribution in [3.8, 4) is 33.7 Å². The molecule has 3 aromatic heterocycles. The Morgan fingerprint density at radius 1 is 1.00 bits per heavy atom. The van der Waals surface area contributed by atoms with Gasteiger partial charge in [-0.25, -0.2) is 17.8 Å². The van der Waals surface area contributed by atoms with Gasteiger partial charge >= 0.3 is 0 Å². The summed E-state index contributed by atoms with van der Waals surface area (Å²) in [5, 5.41) is 3.75. The highest BCUT2D eigenvalue weighted by Gasteiger charge is 2.26. The van der Waals surface area contributed by atoms with E-state index in [2.05, 4.69) is 15.3 Å². The zero-order valence-corrected chi connectivity index (χ0v) is 24.1. The van der Waals surface area contributed by atoms with E-state index in [9.17, 15) is 22.4 Å². The summed E-state index contributed by atoms with van der Waals surface area (Å²) >= 11 is 0. The quantitative estimate of drug-likeness (QED) is 0.217. The predicted octanol–water partition coefficient (Wildman–Crippen LogP) is 6.02. The normalized spacial score (nSPS) is 11.6. The molecular formula is C32H25FN4O5S. The number of furan rings is 1. The first-order chi connectivity index (χ1) is 20.6. The molecule has 0 saturated heterocycles. The molecule has 0 aliphatic carbocycles. The summed E-state index contributed by atoms with van der Waals surface area (Å²) in [7, 11) is -0.793. The number of carbonyl (C=O) groups excluding carboxylic acids is 2. The van der Waals surface area contributed by atoms with E-state index in [-0.39, 0.29) is 16.9 Å². The van der Waals surface area contributed by atoms with Crippen LogP contribution in [0.2, 0.25) is 0 Å². The number of carbonyl (C=O) groups is 2. The number of aromatic nitrogens is 2. The number of hydrogen-bond acceptors (Lipinski definition) is 6. The number of sulfonamides is 1. The van der Waals surface area contributed by atoms with Crippen LogP contribution in [0.15, 0.2) is 83.4 Å². The first-order valence-corrected chi connectivity index (χ1v) is 15.0. The number of nitrogens with one attached hydrogen (secondary N) is 2. The molecule has 0 spiro atoms. The molecule has 0 saturated carbocycles. The predicted molar refractivity (Wildman–Crippen MR) is 164 cm³/mol. The Morgan fingerprint density at radius 3 is 2.44 bits per heavy atom. The Bertz CT molecular complexity index is 2170. The van der Waals surface area contributed by atoms with E-state index in [1.807, 2.05) is 18.2 Å². The number of amides is 1. The van der Waals surface area contributed by atoms with Crippen molar-refractivity contribution in [3.05, 3.63) is 95.9 Å². The van der Waals surface area contributed by atoms with Gasteiger partial charge in [0.2, 0.25) is 10.0 Å². The number of hydrogen-bond donors (Lipinski definition) is 2. The molecule has 0 fully saturated rings. The third kappa shape index (κ3) is 4.83. The molecule has 216 valence electrons. The van der Waals surface area contributed by atoms with Crippen LogP contribution in [0.3, 0.4) is 0 Å². The van der Waals surface area contributed by atoms with Gasteiger partial charge in [-0.05, 0) is 59.7 Å². The molecule has 0 aliphatic heterocycles. The maximum Gasteiger partial charge on any atom is 0.255 e. The van der Waals surface area contributed by atoms with Gasteiger partial charge in [0.15, 0.2) is 6.29 Å². The van der Waals surface area contributed by atoms with Crippen molar-refractivity contribution in [1.82, 2.24) is 15.3 Å². The first kappa shape index (κ1) is 27.9. The smallest absolute Gasteiger partial charge is 0.255 e. The lowest BCUT2D eigenvalue weighted by Crippen LogP contribution is -2.25. The molecule has 11 heteroatoms. The monoisotopic (exact) mass is 596 g/mol. The molecule has 9 nitrogen and oxygen atoms in total. The second-order valence-electron chi connectivity index (χ2n) is 10.0. The summed E-state index contributed by atoms with van der Waals surface area (Å²) in [6.45, 7) is 0. The SMILES string of the molecule is CNC(=O)c1c(-c2ccc(F)cc2)oc2cc(N(C)S(C)(=O)=O)c(-c3cccc(-c4[nH]c5ncccc5c4C=O)c3)cc12. The van der Waals surface area contributed by atoms with Crippen molar-refractivity contribution in [3.63, 3.8) is 0 Å². The van der Waals surface area contributed by atoms with Crippen molar-refractivity contribution < 1.29 is 26.8 Å². The number of nitrogens with zero attached hydrogens (tertiary/aromatic N) is 2. The van der Waals surface area contributed by atoms with Crippen LogP contribution in [0, 0.1) is 5.82 Å². The third-order valence-corrected chi connectivity index (χ3v) is 8.59. The Labute approximate surface area is 246 Å². The number of fused-ring (bicyclic) bond motifs is 2. The third-order valence-electron chi connectivity index (χ3n) is 7.39. The molecular weight excluding hydrogens is 571 g/mol. The van der Waals surface area contributed by atoms with Crippen molar-refractivity contribution in [1.29, 1.82) is 0 Å². The van der Waals surface area contributed by atoms with Crippen LogP contribution in [0.5, 0.6) is 0 Å². The second-order valence-corrected chi connectivity index (χ2v) is 12.0. The second kappa shape index (κ2) is 10.5. The van der Waals surface area contributed by atoms with E-state index in [0.717, 1.165) is 16.8 Å². The van der Waals surface area contributed by atoms with E-state index in [4.69, 9.17) is 4.42 Å². The fourth-order valence-electron chi connectivity index (χ4n) is 5.19. The lowest BCUT2D eigenvalue weighted by Gasteiger charge is -2.21. The van der Waals surface area contributed by atoms with Gasteiger partial charge in [-0.3, -0.25) is 13.9 Å². The Kier molecular flexibility index (Phi) is 6.82. The molecule has 3 aromatic carbocycles. The lowest BCUT2D eigenvalue weighted by atomic mass is 9.96. The fourth-order valence-corrected chi connectivity index (χ4v) is 5.70. The largest absolute Gasteiger partial charge is 0.455 e. The minimum Gasteiger partial charge on any atom is -0.455 e. The van der Waals surface area contributed by atoms with Gasteiger partial charge in [0.05, 0.1) is 23.2 Å². The Balaban J connectivity index is 1.63. The van der Waals surface area contributed by atoms with Crippen molar-refractivity contribution in [2.45, 2.75) is 0 Å². The van der Waals surface area contributed by atoms with Crippen LogP contribution in [0.25, 0.3) is 55.7 Å². The maximum atomic E-state index is 13.7. The van der Waals surface area contributed by atoms with Gasteiger partial charge in [-0.1, -0.05) is 18.2 Å². The van der Waals surface area contributed by atoms with Crippen LogP contribution < -0.4 is 9.62 Å². The topological polar surface area (TPSA) is 125 Å². The molecule has 2 N–H and O–H groups in total. The maximum absolute atomic E-state index is 13.7. The Hall–Kier alpha value is -5.29. The molecule has 43 heavy (non-hydrogen) atoms. The van der Waals surface area contributed by atoms with E-state index in [1.165, 1.54) is 38.4 Å². The highest BCUT2D eigenvalue weighted by Crippen LogP contribution is 2.42. The zero-order chi connectivity index (χ0) is 30.5. The van der Waals surface area contributed by atoms with Crippen molar-refractivity contribution in [2.24, 2.45) is 0 Å². The lowest BCUT2D eigenvalue weighted by molar-refractivity contribution is 0.0964. The van der Waals surface area contributed by atoms with Crippen LogP contribution in [-0.2, 0) is 10.0 Å². The van der Waals surface area contributed by atoms with Crippen molar-refractivity contribution >= 4 is 49.9 Å². The summed E-state index contributed by atoms with van der Waals surface area (Å²) in [5.41, 5.74) is 4.66. The number of aldehydes is 1. The van der Waals surface area contributed by atoms with Crippen LogP contribution in [-0.4, -0.2) is 50.9 Å². The summed E-state index contributed by atoms with van der Waals surface area (Å²) in [5.74, 6) is -0.651. The number of aromatic amines is 1. The average molecular weight is 597 g/mol. The number of pyridine rings is 1. The Morgan fingerprint density at radius 2 is 1.74 bits per heavy atom. The molecule has 3 heterocycles. The summed E-state index contributed by atoms with van der Waals surface area (Å²) in [4.78, 5) is 32.8. The molecule has 0 bridgehead atoms. The first-order valence-electron chi connectivity index (χ1n) is 13.2. The van der Waals surface area contributed by atoms with Gasteiger partial charge < -0.3 is 14.7 Å². The number of rotatable bonds is 7. The van der Waals surface area contributed by atoms with E-state index >= 15 is 0 Å². The molecule has 1 amide bonds.